The van der Waals surface area contributed by atoms with Gasteiger partial charge in [-0.25, -0.2) is 12.8 Å². The fraction of sp³-hybridized carbons (Fsp3) is 0.417. The Morgan fingerprint density at radius 3 is 2.35 bits per heavy atom. The lowest BCUT2D eigenvalue weighted by Gasteiger charge is -2.33. The molecule has 1 aliphatic rings. The number of carbonyl (C=O) groups is 1. The van der Waals surface area contributed by atoms with E-state index in [-0.39, 0.29) is 31.7 Å². The minimum atomic E-state index is -3.26. The molecule has 0 bridgehead atoms. The Labute approximate surface area is 116 Å². The molecule has 1 heterocycles. The van der Waals surface area contributed by atoms with Crippen LogP contribution in [0.25, 0.3) is 0 Å². The summed E-state index contributed by atoms with van der Waals surface area (Å²) >= 11 is 0. The Kier molecular flexibility index (Phi) is 3.96. The molecule has 0 atom stereocenters. The summed E-state index contributed by atoms with van der Waals surface area (Å²) in [4.78, 5) is 13.6. The third kappa shape index (κ3) is 3.07. The molecule has 0 radical (unpaired) electrons. The Morgan fingerprint density at radius 1 is 1.25 bits per heavy atom. The van der Waals surface area contributed by atoms with Crippen LogP contribution in [0.15, 0.2) is 18.2 Å². The zero-order chi connectivity index (χ0) is 14.9. The number of sulfonamides is 1. The molecular weight excluding hydrogens is 287 g/mol. The van der Waals surface area contributed by atoms with Crippen LogP contribution in [0.5, 0.6) is 5.75 Å². The monoisotopic (exact) mass is 302 g/mol. The molecule has 1 aliphatic heterocycles. The molecule has 1 fully saturated rings. The zero-order valence-corrected chi connectivity index (χ0v) is 11.7. The van der Waals surface area contributed by atoms with Gasteiger partial charge in [0.15, 0.2) is 0 Å². The van der Waals surface area contributed by atoms with E-state index in [4.69, 9.17) is 0 Å². The summed E-state index contributed by atoms with van der Waals surface area (Å²) in [5.41, 5.74) is 0.0132. The quantitative estimate of drug-likeness (QED) is 0.849. The van der Waals surface area contributed by atoms with Gasteiger partial charge in [-0.3, -0.25) is 4.79 Å². The molecule has 0 aromatic heterocycles. The molecular formula is C12H15FN2O4S. The smallest absolute Gasteiger partial charge is 0.257 e. The lowest BCUT2D eigenvalue weighted by molar-refractivity contribution is 0.0695. The van der Waals surface area contributed by atoms with Gasteiger partial charge in [-0.05, 0) is 12.1 Å². The second-order valence-corrected chi connectivity index (χ2v) is 6.60. The van der Waals surface area contributed by atoms with Crippen LogP contribution in [0.4, 0.5) is 4.39 Å². The number of benzene rings is 1. The summed E-state index contributed by atoms with van der Waals surface area (Å²) in [5.74, 6) is -1.47. The molecule has 1 saturated heterocycles. The van der Waals surface area contributed by atoms with E-state index < -0.39 is 27.5 Å². The highest BCUT2D eigenvalue weighted by molar-refractivity contribution is 7.88. The Hall–Kier alpha value is -1.67. The average molecular weight is 302 g/mol. The highest BCUT2D eigenvalue weighted by atomic mass is 32.2. The number of aromatic hydroxyl groups is 1. The van der Waals surface area contributed by atoms with Crippen LogP contribution >= 0.6 is 0 Å². The number of carbonyl (C=O) groups excluding carboxylic acids is 1. The van der Waals surface area contributed by atoms with Crippen LogP contribution in [0.3, 0.4) is 0 Å². The van der Waals surface area contributed by atoms with E-state index in [1.54, 1.807) is 0 Å². The van der Waals surface area contributed by atoms with Gasteiger partial charge < -0.3 is 10.0 Å². The van der Waals surface area contributed by atoms with Crippen molar-refractivity contribution in [1.29, 1.82) is 0 Å². The first-order valence-electron chi connectivity index (χ1n) is 6.02. The molecule has 2 rings (SSSR count). The number of piperazine rings is 1. The first-order chi connectivity index (χ1) is 9.29. The van der Waals surface area contributed by atoms with E-state index in [2.05, 4.69) is 0 Å². The van der Waals surface area contributed by atoms with Gasteiger partial charge in [0.2, 0.25) is 10.0 Å². The fourth-order valence-corrected chi connectivity index (χ4v) is 2.91. The van der Waals surface area contributed by atoms with Crippen molar-refractivity contribution < 1.29 is 22.7 Å². The lowest BCUT2D eigenvalue weighted by atomic mass is 10.1. The molecule has 110 valence electrons. The average Bonchev–Trinajstić information content (AvgIpc) is 2.37. The minimum absolute atomic E-state index is 0.0132. The number of amides is 1. The number of nitrogens with zero attached hydrogens (tertiary/aromatic N) is 2. The molecule has 1 N–H and O–H groups in total. The van der Waals surface area contributed by atoms with Crippen molar-refractivity contribution in [2.75, 3.05) is 32.4 Å². The van der Waals surface area contributed by atoms with E-state index >= 15 is 0 Å². The Bertz CT molecular complexity index is 624. The molecule has 0 aliphatic carbocycles. The maximum atomic E-state index is 12.9. The number of hydrogen-bond donors (Lipinski definition) is 1. The van der Waals surface area contributed by atoms with Crippen molar-refractivity contribution in [1.82, 2.24) is 9.21 Å². The highest BCUT2D eigenvalue weighted by Crippen LogP contribution is 2.20. The summed E-state index contributed by atoms with van der Waals surface area (Å²) in [5, 5.41) is 9.58. The maximum absolute atomic E-state index is 12.9. The zero-order valence-electron chi connectivity index (χ0n) is 10.9. The predicted molar refractivity (Wildman–Crippen MR) is 70.4 cm³/mol. The lowest BCUT2D eigenvalue weighted by Crippen LogP contribution is -2.50. The van der Waals surface area contributed by atoms with Crippen molar-refractivity contribution in [3.63, 3.8) is 0 Å². The second kappa shape index (κ2) is 5.37. The van der Waals surface area contributed by atoms with Crippen LogP contribution < -0.4 is 0 Å². The van der Waals surface area contributed by atoms with Crippen molar-refractivity contribution in [2.24, 2.45) is 0 Å². The van der Waals surface area contributed by atoms with Crippen LogP contribution in [-0.4, -0.2) is 61.1 Å². The molecule has 1 aromatic rings. The second-order valence-electron chi connectivity index (χ2n) is 4.62. The number of halogens is 1. The predicted octanol–water partition coefficient (Wildman–Crippen LogP) is 0.249. The van der Waals surface area contributed by atoms with Crippen LogP contribution in [0.2, 0.25) is 0 Å². The van der Waals surface area contributed by atoms with Crippen molar-refractivity contribution in [3.8, 4) is 5.75 Å². The number of phenols is 1. The minimum Gasteiger partial charge on any atom is -0.507 e. The number of hydrogen-bond acceptors (Lipinski definition) is 4. The third-order valence-corrected chi connectivity index (χ3v) is 4.49. The third-order valence-electron chi connectivity index (χ3n) is 3.19. The summed E-state index contributed by atoms with van der Waals surface area (Å²) < 4.78 is 36.9. The highest BCUT2D eigenvalue weighted by Gasteiger charge is 2.27. The van der Waals surface area contributed by atoms with Crippen molar-refractivity contribution in [2.45, 2.75) is 0 Å². The Morgan fingerprint density at radius 2 is 1.85 bits per heavy atom. The fourth-order valence-electron chi connectivity index (χ4n) is 2.08. The van der Waals surface area contributed by atoms with Gasteiger partial charge >= 0.3 is 0 Å². The number of rotatable bonds is 2. The van der Waals surface area contributed by atoms with Crippen LogP contribution in [0.1, 0.15) is 10.4 Å². The van der Waals surface area contributed by atoms with Gasteiger partial charge in [0.25, 0.3) is 5.91 Å². The number of phenolic OH excluding ortho intramolecular Hbond substituents is 1. The SMILES string of the molecule is CS(=O)(=O)N1CCN(C(=O)c2ccc(F)cc2O)CC1. The molecule has 0 spiro atoms. The van der Waals surface area contributed by atoms with Gasteiger partial charge in [-0.2, -0.15) is 4.31 Å². The molecule has 6 nitrogen and oxygen atoms in total. The van der Waals surface area contributed by atoms with Gasteiger partial charge in [-0.1, -0.05) is 0 Å². The van der Waals surface area contributed by atoms with Crippen LogP contribution in [0, 0.1) is 5.82 Å². The van der Waals surface area contributed by atoms with Crippen LogP contribution in [-0.2, 0) is 10.0 Å². The van der Waals surface area contributed by atoms with Crippen molar-refractivity contribution in [3.05, 3.63) is 29.6 Å². The molecule has 0 saturated carbocycles. The van der Waals surface area contributed by atoms with Gasteiger partial charge in [-0.15, -0.1) is 0 Å². The normalized spacial score (nSPS) is 17.2. The topological polar surface area (TPSA) is 77.9 Å². The van der Waals surface area contributed by atoms with E-state index in [0.717, 1.165) is 18.4 Å². The summed E-state index contributed by atoms with van der Waals surface area (Å²) in [6.07, 6.45) is 1.12. The Balaban J connectivity index is 2.09. The van der Waals surface area contributed by atoms with E-state index in [9.17, 15) is 22.7 Å². The first kappa shape index (κ1) is 14.7. The van der Waals surface area contributed by atoms with Gasteiger partial charge in [0.05, 0.1) is 11.8 Å². The molecule has 1 amide bonds. The molecule has 20 heavy (non-hydrogen) atoms. The van der Waals surface area contributed by atoms with E-state index in [0.29, 0.717) is 0 Å². The molecule has 0 unspecified atom stereocenters. The molecule has 8 heteroatoms. The largest absolute Gasteiger partial charge is 0.507 e. The first-order valence-corrected chi connectivity index (χ1v) is 7.87. The van der Waals surface area contributed by atoms with E-state index in [1.165, 1.54) is 15.3 Å². The summed E-state index contributed by atoms with van der Waals surface area (Å²) in [6, 6.07) is 3.19. The molecule has 1 aromatic carbocycles. The summed E-state index contributed by atoms with van der Waals surface area (Å²) in [7, 11) is -3.26. The van der Waals surface area contributed by atoms with Gasteiger partial charge in [0.1, 0.15) is 11.6 Å². The standard InChI is InChI=1S/C12H15FN2O4S/c1-20(18,19)15-6-4-14(5-7-15)12(17)10-3-2-9(13)8-11(10)16/h2-3,8,16H,4-7H2,1H3. The van der Waals surface area contributed by atoms with Gasteiger partial charge in [0, 0.05) is 32.2 Å². The summed E-state index contributed by atoms with van der Waals surface area (Å²) in [6.45, 7) is 0.907. The van der Waals surface area contributed by atoms with Crippen molar-refractivity contribution >= 4 is 15.9 Å². The van der Waals surface area contributed by atoms with E-state index in [1.807, 2.05) is 0 Å². The maximum Gasteiger partial charge on any atom is 0.257 e.